The second-order valence-corrected chi connectivity index (χ2v) is 3.59. The Bertz CT molecular complexity index is 220. The van der Waals surface area contributed by atoms with Gasteiger partial charge in [-0.2, -0.15) is 0 Å². The molecule has 0 saturated heterocycles. The summed E-state index contributed by atoms with van der Waals surface area (Å²) < 4.78 is 0. The van der Waals surface area contributed by atoms with E-state index in [4.69, 9.17) is 0 Å². The molecule has 0 aliphatic carbocycles. The first-order chi connectivity index (χ1) is 6.34. The highest BCUT2D eigenvalue weighted by Gasteiger charge is 2.41. The van der Waals surface area contributed by atoms with Crippen LogP contribution < -0.4 is 0 Å². The summed E-state index contributed by atoms with van der Waals surface area (Å²) in [5.41, 5.74) is 0. The number of hydrogen-bond acceptors (Lipinski definition) is 4. The standard InChI is InChI=1S/C10H18O4/c1-4-5-6-9(7(2)11)10(13,14)8(3)12/h9,13-14H,4-6H2,1-3H3. The van der Waals surface area contributed by atoms with Crippen LogP contribution in [0.4, 0.5) is 0 Å². The Hall–Kier alpha value is -0.740. The minimum atomic E-state index is -2.50. The van der Waals surface area contributed by atoms with E-state index in [0.29, 0.717) is 12.8 Å². The van der Waals surface area contributed by atoms with E-state index >= 15 is 0 Å². The van der Waals surface area contributed by atoms with Gasteiger partial charge in [0.2, 0.25) is 5.79 Å². The summed E-state index contributed by atoms with van der Waals surface area (Å²) in [5, 5.41) is 18.9. The van der Waals surface area contributed by atoms with E-state index < -0.39 is 17.5 Å². The highest BCUT2D eigenvalue weighted by Crippen LogP contribution is 2.22. The summed E-state index contributed by atoms with van der Waals surface area (Å²) in [7, 11) is 0. The van der Waals surface area contributed by atoms with Crippen LogP contribution in [0, 0.1) is 5.92 Å². The Morgan fingerprint density at radius 1 is 1.29 bits per heavy atom. The second kappa shape index (κ2) is 5.22. The minimum absolute atomic E-state index is 0.332. The summed E-state index contributed by atoms with van der Waals surface area (Å²) in [5.74, 6) is -4.64. The smallest absolute Gasteiger partial charge is 0.233 e. The lowest BCUT2D eigenvalue weighted by Crippen LogP contribution is -2.47. The molecule has 0 fully saturated rings. The molecule has 4 nitrogen and oxygen atoms in total. The minimum Gasteiger partial charge on any atom is -0.359 e. The lowest BCUT2D eigenvalue weighted by atomic mass is 9.87. The number of carbonyl (C=O) groups excluding carboxylic acids is 2. The number of hydrogen-bond donors (Lipinski definition) is 2. The van der Waals surface area contributed by atoms with Crippen molar-refractivity contribution in [2.24, 2.45) is 5.92 Å². The quantitative estimate of drug-likeness (QED) is 0.620. The van der Waals surface area contributed by atoms with E-state index in [1.807, 2.05) is 6.92 Å². The van der Waals surface area contributed by atoms with Gasteiger partial charge in [-0.25, -0.2) is 0 Å². The molecule has 0 spiro atoms. The van der Waals surface area contributed by atoms with Crippen molar-refractivity contribution < 1.29 is 19.8 Å². The highest BCUT2D eigenvalue weighted by atomic mass is 16.5. The molecule has 0 aromatic heterocycles. The second-order valence-electron chi connectivity index (χ2n) is 3.59. The van der Waals surface area contributed by atoms with E-state index in [1.54, 1.807) is 0 Å². The Morgan fingerprint density at radius 3 is 2.07 bits per heavy atom. The number of carbonyl (C=O) groups is 2. The molecule has 0 aliphatic rings. The predicted molar refractivity (Wildman–Crippen MR) is 51.5 cm³/mol. The van der Waals surface area contributed by atoms with Crippen molar-refractivity contribution in [1.29, 1.82) is 0 Å². The van der Waals surface area contributed by atoms with E-state index in [1.165, 1.54) is 6.92 Å². The first-order valence-electron chi connectivity index (χ1n) is 4.80. The zero-order valence-electron chi connectivity index (χ0n) is 8.91. The van der Waals surface area contributed by atoms with Crippen LogP contribution in [0.2, 0.25) is 0 Å². The fourth-order valence-electron chi connectivity index (χ4n) is 1.34. The molecule has 0 aromatic carbocycles. The molecule has 0 saturated carbocycles. The normalized spacial score (nSPS) is 13.8. The molecular formula is C10H18O4. The number of rotatable bonds is 6. The molecule has 0 bridgehead atoms. The Kier molecular flexibility index (Phi) is 4.94. The first-order valence-corrected chi connectivity index (χ1v) is 4.80. The molecule has 1 unspecified atom stereocenters. The zero-order valence-corrected chi connectivity index (χ0v) is 8.91. The molecular weight excluding hydrogens is 184 g/mol. The van der Waals surface area contributed by atoms with Gasteiger partial charge in [-0.15, -0.1) is 0 Å². The van der Waals surface area contributed by atoms with E-state index in [9.17, 15) is 19.8 Å². The van der Waals surface area contributed by atoms with Gasteiger partial charge in [0.15, 0.2) is 5.78 Å². The summed E-state index contributed by atoms with van der Waals surface area (Å²) >= 11 is 0. The van der Waals surface area contributed by atoms with Gasteiger partial charge in [-0.1, -0.05) is 19.8 Å². The Balaban J connectivity index is 4.64. The third-order valence-electron chi connectivity index (χ3n) is 2.34. The lowest BCUT2D eigenvalue weighted by Gasteiger charge is -2.26. The molecule has 0 heterocycles. The average Bonchev–Trinajstić information content (AvgIpc) is 2.03. The maximum atomic E-state index is 11.1. The third-order valence-corrected chi connectivity index (χ3v) is 2.34. The molecule has 4 heteroatoms. The van der Waals surface area contributed by atoms with Crippen molar-refractivity contribution in [3.05, 3.63) is 0 Å². The largest absolute Gasteiger partial charge is 0.359 e. The van der Waals surface area contributed by atoms with E-state index in [2.05, 4.69) is 0 Å². The van der Waals surface area contributed by atoms with E-state index in [-0.39, 0.29) is 5.78 Å². The Labute approximate surface area is 83.9 Å². The van der Waals surface area contributed by atoms with Gasteiger partial charge >= 0.3 is 0 Å². The SMILES string of the molecule is CCCCC(C(C)=O)C(O)(O)C(C)=O. The summed E-state index contributed by atoms with van der Waals surface area (Å²) in [4.78, 5) is 22.1. The molecule has 2 N–H and O–H groups in total. The van der Waals surface area contributed by atoms with Gasteiger partial charge < -0.3 is 10.2 Å². The molecule has 0 aliphatic heterocycles. The summed E-state index contributed by atoms with van der Waals surface area (Å²) in [6.45, 7) is 4.27. The van der Waals surface area contributed by atoms with Crippen LogP contribution >= 0.6 is 0 Å². The number of aliphatic hydroxyl groups is 2. The Morgan fingerprint density at radius 2 is 1.79 bits per heavy atom. The topological polar surface area (TPSA) is 74.6 Å². The summed E-state index contributed by atoms with van der Waals surface area (Å²) in [6.07, 6.45) is 1.87. The van der Waals surface area contributed by atoms with Crippen LogP contribution in [-0.2, 0) is 9.59 Å². The van der Waals surface area contributed by atoms with Gasteiger partial charge in [-0.05, 0) is 13.3 Å². The van der Waals surface area contributed by atoms with Crippen LogP contribution in [0.5, 0.6) is 0 Å². The van der Waals surface area contributed by atoms with Gasteiger partial charge in [-0.3, -0.25) is 9.59 Å². The van der Waals surface area contributed by atoms with Crippen LogP contribution in [0.1, 0.15) is 40.0 Å². The van der Waals surface area contributed by atoms with Crippen LogP contribution in [-0.4, -0.2) is 27.6 Å². The first kappa shape index (κ1) is 13.3. The molecule has 82 valence electrons. The van der Waals surface area contributed by atoms with Crippen molar-refractivity contribution >= 4 is 11.6 Å². The van der Waals surface area contributed by atoms with Gasteiger partial charge in [0.1, 0.15) is 5.78 Å². The maximum absolute atomic E-state index is 11.1. The molecule has 0 rings (SSSR count). The molecule has 0 radical (unpaired) electrons. The molecule has 0 aromatic rings. The van der Waals surface area contributed by atoms with Crippen LogP contribution in [0.15, 0.2) is 0 Å². The molecule has 14 heavy (non-hydrogen) atoms. The molecule has 0 amide bonds. The third kappa shape index (κ3) is 3.20. The summed E-state index contributed by atoms with van der Waals surface area (Å²) in [6, 6.07) is 0. The van der Waals surface area contributed by atoms with Crippen molar-refractivity contribution in [2.75, 3.05) is 0 Å². The zero-order chi connectivity index (χ0) is 11.4. The fraction of sp³-hybridized carbons (Fsp3) is 0.800. The number of Topliss-reactive ketones (excluding diaryl/α,β-unsaturated/α-hetero) is 2. The van der Waals surface area contributed by atoms with Crippen LogP contribution in [0.25, 0.3) is 0 Å². The fourth-order valence-corrected chi connectivity index (χ4v) is 1.34. The number of ketones is 2. The van der Waals surface area contributed by atoms with Crippen molar-refractivity contribution in [1.82, 2.24) is 0 Å². The highest BCUT2D eigenvalue weighted by molar-refractivity contribution is 5.90. The van der Waals surface area contributed by atoms with Crippen molar-refractivity contribution in [3.8, 4) is 0 Å². The van der Waals surface area contributed by atoms with Gasteiger partial charge in [0.05, 0.1) is 5.92 Å². The number of unbranched alkanes of at least 4 members (excludes halogenated alkanes) is 1. The maximum Gasteiger partial charge on any atom is 0.233 e. The van der Waals surface area contributed by atoms with Crippen molar-refractivity contribution in [3.63, 3.8) is 0 Å². The van der Waals surface area contributed by atoms with Gasteiger partial charge in [0.25, 0.3) is 0 Å². The average molecular weight is 202 g/mol. The predicted octanol–water partition coefficient (Wildman–Crippen LogP) is 0.652. The van der Waals surface area contributed by atoms with Gasteiger partial charge in [0, 0.05) is 6.92 Å². The van der Waals surface area contributed by atoms with E-state index in [0.717, 1.165) is 13.3 Å². The monoisotopic (exact) mass is 202 g/mol. The van der Waals surface area contributed by atoms with Crippen LogP contribution in [0.3, 0.4) is 0 Å². The van der Waals surface area contributed by atoms with Crippen molar-refractivity contribution in [2.45, 2.75) is 45.8 Å². The molecule has 1 atom stereocenters. The lowest BCUT2D eigenvalue weighted by molar-refractivity contribution is -0.202.